The van der Waals surface area contributed by atoms with Crippen LogP contribution in [0.5, 0.6) is 0 Å². The number of esters is 1. The van der Waals surface area contributed by atoms with Crippen molar-refractivity contribution in [1.29, 1.82) is 0 Å². The molecule has 5 unspecified atom stereocenters. The zero-order valence-electron chi connectivity index (χ0n) is 14.0. The first-order valence-corrected chi connectivity index (χ1v) is 10.7. The van der Waals surface area contributed by atoms with Gasteiger partial charge in [-0.15, -0.1) is 0 Å². The van der Waals surface area contributed by atoms with Crippen LogP contribution in [0.3, 0.4) is 0 Å². The molecule has 0 aromatic rings. The van der Waals surface area contributed by atoms with Crippen molar-refractivity contribution in [2.45, 2.75) is 57.5 Å². The first-order valence-electron chi connectivity index (χ1n) is 8.84. The van der Waals surface area contributed by atoms with Gasteiger partial charge in [0.15, 0.2) is 9.84 Å². The number of sulfone groups is 1. The number of rotatable bonds is 6. The SMILES string of the molecule is C=CC(C)(CC1CC2CCC1C2)OC(=O)CC1CCS(=O)(=O)C1. The van der Waals surface area contributed by atoms with Crippen LogP contribution >= 0.6 is 0 Å². The van der Waals surface area contributed by atoms with E-state index in [1.807, 2.05) is 6.92 Å². The van der Waals surface area contributed by atoms with E-state index in [-0.39, 0.29) is 29.8 Å². The summed E-state index contributed by atoms with van der Waals surface area (Å²) < 4.78 is 28.7. The second-order valence-corrected chi connectivity index (χ2v) is 10.3. The molecular formula is C18H28O4S. The van der Waals surface area contributed by atoms with Gasteiger partial charge in [-0.2, -0.15) is 0 Å². The van der Waals surface area contributed by atoms with Crippen molar-refractivity contribution in [1.82, 2.24) is 0 Å². The normalized spacial score (nSPS) is 37.4. The Kier molecular flexibility index (Phi) is 4.60. The zero-order valence-corrected chi connectivity index (χ0v) is 14.8. The predicted octanol–water partition coefficient (Wildman–Crippen LogP) is 3.13. The number of carbonyl (C=O) groups is 1. The summed E-state index contributed by atoms with van der Waals surface area (Å²) in [7, 11) is -2.94. The van der Waals surface area contributed by atoms with Crippen LogP contribution in [-0.2, 0) is 19.4 Å². The summed E-state index contributed by atoms with van der Waals surface area (Å²) in [5.41, 5.74) is -0.621. The lowest BCUT2D eigenvalue weighted by Crippen LogP contribution is -2.34. The third-order valence-electron chi connectivity index (χ3n) is 6.11. The van der Waals surface area contributed by atoms with Gasteiger partial charge in [0.1, 0.15) is 5.60 Å². The average molecular weight is 340 g/mol. The molecule has 23 heavy (non-hydrogen) atoms. The molecule has 1 heterocycles. The number of ether oxygens (including phenoxy) is 1. The molecule has 5 heteroatoms. The maximum Gasteiger partial charge on any atom is 0.306 e. The van der Waals surface area contributed by atoms with Crippen molar-refractivity contribution in [3.8, 4) is 0 Å². The van der Waals surface area contributed by atoms with Crippen molar-refractivity contribution in [2.24, 2.45) is 23.7 Å². The average Bonchev–Trinajstić information content (AvgIpc) is 3.14. The molecule has 1 aliphatic heterocycles. The van der Waals surface area contributed by atoms with Crippen LogP contribution in [0.15, 0.2) is 12.7 Å². The third kappa shape index (κ3) is 3.98. The first kappa shape index (κ1) is 17.0. The molecule has 3 fully saturated rings. The Hall–Kier alpha value is -0.840. The van der Waals surface area contributed by atoms with Crippen LogP contribution in [-0.4, -0.2) is 31.5 Å². The molecule has 0 aromatic carbocycles. The number of fused-ring (bicyclic) bond motifs is 2. The lowest BCUT2D eigenvalue weighted by molar-refractivity contribution is -0.156. The molecular weight excluding hydrogens is 312 g/mol. The Morgan fingerprint density at radius 1 is 1.30 bits per heavy atom. The van der Waals surface area contributed by atoms with Crippen molar-refractivity contribution >= 4 is 15.8 Å². The molecule has 2 aliphatic carbocycles. The van der Waals surface area contributed by atoms with Crippen LogP contribution in [0.25, 0.3) is 0 Å². The summed E-state index contributed by atoms with van der Waals surface area (Å²) >= 11 is 0. The number of carbonyl (C=O) groups excluding carboxylic acids is 1. The lowest BCUT2D eigenvalue weighted by atomic mass is 9.81. The van der Waals surface area contributed by atoms with E-state index in [0.29, 0.717) is 12.3 Å². The minimum atomic E-state index is -2.94. The van der Waals surface area contributed by atoms with Gasteiger partial charge < -0.3 is 4.74 Å². The van der Waals surface area contributed by atoms with Crippen LogP contribution in [0.2, 0.25) is 0 Å². The van der Waals surface area contributed by atoms with E-state index in [0.717, 1.165) is 18.3 Å². The van der Waals surface area contributed by atoms with Crippen LogP contribution in [0.4, 0.5) is 0 Å². The lowest BCUT2D eigenvalue weighted by Gasteiger charge is -2.32. The second kappa shape index (κ2) is 6.23. The van der Waals surface area contributed by atoms with Crippen molar-refractivity contribution < 1.29 is 17.9 Å². The van der Waals surface area contributed by atoms with E-state index in [4.69, 9.17) is 4.74 Å². The zero-order chi connectivity index (χ0) is 16.7. The summed E-state index contributed by atoms with van der Waals surface area (Å²) in [5, 5.41) is 0. The minimum absolute atomic E-state index is 0.0796. The molecule has 2 saturated carbocycles. The van der Waals surface area contributed by atoms with Gasteiger partial charge in [0.25, 0.3) is 0 Å². The molecule has 0 aromatic heterocycles. The van der Waals surface area contributed by atoms with Crippen molar-refractivity contribution in [3.63, 3.8) is 0 Å². The van der Waals surface area contributed by atoms with Gasteiger partial charge in [-0.25, -0.2) is 8.42 Å². The Morgan fingerprint density at radius 3 is 2.61 bits per heavy atom. The molecule has 1 saturated heterocycles. The summed E-state index contributed by atoms with van der Waals surface area (Å²) in [5.74, 6) is 2.27. The number of hydrogen-bond acceptors (Lipinski definition) is 4. The molecule has 3 aliphatic rings. The molecule has 130 valence electrons. The van der Waals surface area contributed by atoms with E-state index in [1.54, 1.807) is 6.08 Å². The van der Waals surface area contributed by atoms with Gasteiger partial charge >= 0.3 is 5.97 Å². The summed E-state index contributed by atoms with van der Waals surface area (Å²) in [4.78, 5) is 12.3. The van der Waals surface area contributed by atoms with E-state index in [9.17, 15) is 13.2 Å². The Morgan fingerprint density at radius 2 is 2.09 bits per heavy atom. The Balaban J connectivity index is 1.53. The topological polar surface area (TPSA) is 60.4 Å². The molecule has 3 rings (SSSR count). The molecule has 2 bridgehead atoms. The van der Waals surface area contributed by atoms with E-state index < -0.39 is 15.4 Å². The largest absolute Gasteiger partial charge is 0.455 e. The second-order valence-electron chi connectivity index (χ2n) is 8.10. The maximum atomic E-state index is 12.3. The predicted molar refractivity (Wildman–Crippen MR) is 89.6 cm³/mol. The first-order chi connectivity index (χ1) is 10.8. The van der Waals surface area contributed by atoms with E-state index >= 15 is 0 Å². The smallest absolute Gasteiger partial charge is 0.306 e. The van der Waals surface area contributed by atoms with Gasteiger partial charge in [-0.3, -0.25) is 4.79 Å². The molecule has 4 nitrogen and oxygen atoms in total. The summed E-state index contributed by atoms with van der Waals surface area (Å²) in [6.07, 6.45) is 8.67. The Bertz CT molecular complexity index is 582. The quantitative estimate of drug-likeness (QED) is 0.550. The summed E-state index contributed by atoms with van der Waals surface area (Å²) in [6, 6.07) is 0. The van der Waals surface area contributed by atoms with Crippen LogP contribution < -0.4 is 0 Å². The highest BCUT2D eigenvalue weighted by atomic mass is 32.2. The highest BCUT2D eigenvalue weighted by Gasteiger charge is 2.43. The fourth-order valence-corrected chi connectivity index (χ4v) is 6.75. The molecule has 0 N–H and O–H groups in total. The van der Waals surface area contributed by atoms with Gasteiger partial charge in [0.2, 0.25) is 0 Å². The molecule has 0 spiro atoms. The number of hydrogen-bond donors (Lipinski definition) is 0. The minimum Gasteiger partial charge on any atom is -0.455 e. The fourth-order valence-electron chi connectivity index (χ4n) is 4.88. The molecule has 0 amide bonds. The molecule has 0 radical (unpaired) electrons. The monoisotopic (exact) mass is 340 g/mol. The Labute approximate surface area is 139 Å². The fraction of sp³-hybridized carbons (Fsp3) is 0.833. The molecule has 5 atom stereocenters. The van der Waals surface area contributed by atoms with Crippen LogP contribution in [0.1, 0.15) is 51.9 Å². The maximum absolute atomic E-state index is 12.3. The van der Waals surface area contributed by atoms with Gasteiger partial charge in [0.05, 0.1) is 11.5 Å². The van der Waals surface area contributed by atoms with Crippen LogP contribution in [0, 0.1) is 23.7 Å². The highest BCUT2D eigenvalue weighted by Crippen LogP contribution is 2.51. The van der Waals surface area contributed by atoms with Gasteiger partial charge in [0, 0.05) is 6.42 Å². The summed E-state index contributed by atoms with van der Waals surface area (Å²) in [6.45, 7) is 5.81. The van der Waals surface area contributed by atoms with E-state index in [2.05, 4.69) is 6.58 Å². The van der Waals surface area contributed by atoms with E-state index in [1.165, 1.54) is 25.7 Å². The van der Waals surface area contributed by atoms with Crippen molar-refractivity contribution in [3.05, 3.63) is 12.7 Å². The third-order valence-corrected chi connectivity index (χ3v) is 7.95. The highest BCUT2D eigenvalue weighted by molar-refractivity contribution is 7.91. The van der Waals surface area contributed by atoms with Crippen molar-refractivity contribution in [2.75, 3.05) is 11.5 Å². The van der Waals surface area contributed by atoms with Gasteiger partial charge in [-0.1, -0.05) is 13.0 Å². The van der Waals surface area contributed by atoms with Gasteiger partial charge in [-0.05, 0) is 68.8 Å². The standard InChI is InChI=1S/C18H28O4S/c1-3-18(2,11-16-9-13-4-5-15(16)8-13)22-17(19)10-14-6-7-23(20,21)12-14/h3,13-16H,1,4-12H2,2H3.